The van der Waals surface area contributed by atoms with Gasteiger partial charge in [0.05, 0.1) is 4.92 Å². The van der Waals surface area contributed by atoms with Crippen molar-refractivity contribution in [3.05, 3.63) is 39.7 Å². The standard InChI is InChI=1S/C13H17ClFNO2/c1-9(2)7-11(14)4-3-10-8-12(15)5-6-13(10)16(17)18/h5-6,8-9,11H,3-4,7H2,1-2H3. The summed E-state index contributed by atoms with van der Waals surface area (Å²) >= 11 is 6.13. The van der Waals surface area contributed by atoms with Crippen molar-refractivity contribution in [2.75, 3.05) is 0 Å². The van der Waals surface area contributed by atoms with Crippen molar-refractivity contribution < 1.29 is 9.31 Å². The zero-order valence-corrected chi connectivity index (χ0v) is 11.3. The average Bonchev–Trinajstić information content (AvgIpc) is 2.25. The normalized spacial score (nSPS) is 12.7. The van der Waals surface area contributed by atoms with E-state index in [0.29, 0.717) is 24.3 Å². The molecule has 0 bridgehead atoms. The SMILES string of the molecule is CC(C)CC(Cl)CCc1cc(F)ccc1[N+](=O)[O-]. The van der Waals surface area contributed by atoms with Crippen molar-refractivity contribution in [3.8, 4) is 0 Å². The van der Waals surface area contributed by atoms with Crippen LogP contribution in [0, 0.1) is 21.8 Å². The van der Waals surface area contributed by atoms with Crippen LogP contribution in [0.4, 0.5) is 10.1 Å². The lowest BCUT2D eigenvalue weighted by molar-refractivity contribution is -0.385. The number of alkyl halides is 1. The number of benzene rings is 1. The Labute approximate surface area is 111 Å². The van der Waals surface area contributed by atoms with Gasteiger partial charge in [0, 0.05) is 17.0 Å². The Kier molecular flexibility index (Phi) is 5.54. The molecule has 18 heavy (non-hydrogen) atoms. The van der Waals surface area contributed by atoms with Crippen molar-refractivity contribution in [1.29, 1.82) is 0 Å². The second kappa shape index (κ2) is 6.69. The predicted octanol–water partition coefficient (Wildman–Crippen LogP) is 4.32. The molecule has 0 radical (unpaired) electrons. The van der Waals surface area contributed by atoms with Crippen LogP contribution >= 0.6 is 11.6 Å². The van der Waals surface area contributed by atoms with E-state index >= 15 is 0 Å². The number of nitrogens with zero attached hydrogens (tertiary/aromatic N) is 1. The maximum Gasteiger partial charge on any atom is 0.272 e. The third-order valence-electron chi connectivity index (χ3n) is 2.69. The molecule has 0 aliphatic rings. The van der Waals surface area contributed by atoms with E-state index in [1.165, 1.54) is 12.1 Å². The Hall–Kier alpha value is -1.16. The van der Waals surface area contributed by atoms with Crippen molar-refractivity contribution in [3.63, 3.8) is 0 Å². The van der Waals surface area contributed by atoms with Gasteiger partial charge >= 0.3 is 0 Å². The molecule has 1 aromatic carbocycles. The monoisotopic (exact) mass is 273 g/mol. The van der Waals surface area contributed by atoms with Gasteiger partial charge in [0.1, 0.15) is 5.82 Å². The van der Waals surface area contributed by atoms with Crippen LogP contribution in [0.3, 0.4) is 0 Å². The molecule has 0 N–H and O–H groups in total. The molecule has 1 unspecified atom stereocenters. The Balaban J connectivity index is 2.71. The topological polar surface area (TPSA) is 43.1 Å². The van der Waals surface area contributed by atoms with E-state index in [9.17, 15) is 14.5 Å². The zero-order chi connectivity index (χ0) is 13.7. The third-order valence-corrected chi connectivity index (χ3v) is 3.09. The maximum absolute atomic E-state index is 13.1. The van der Waals surface area contributed by atoms with E-state index in [1.54, 1.807) is 0 Å². The highest BCUT2D eigenvalue weighted by molar-refractivity contribution is 6.20. The Bertz CT molecular complexity index is 423. The first kappa shape index (κ1) is 14.9. The number of aryl methyl sites for hydroxylation is 1. The van der Waals surface area contributed by atoms with E-state index in [2.05, 4.69) is 13.8 Å². The smallest absolute Gasteiger partial charge is 0.258 e. The van der Waals surface area contributed by atoms with Gasteiger partial charge in [-0.05, 0) is 37.3 Å². The highest BCUT2D eigenvalue weighted by atomic mass is 35.5. The Morgan fingerprint density at radius 2 is 2.11 bits per heavy atom. The first-order valence-corrected chi connectivity index (χ1v) is 6.40. The van der Waals surface area contributed by atoms with Gasteiger partial charge in [0.25, 0.3) is 5.69 Å². The summed E-state index contributed by atoms with van der Waals surface area (Å²) in [5, 5.41) is 10.8. The highest BCUT2D eigenvalue weighted by Gasteiger charge is 2.16. The maximum atomic E-state index is 13.1. The summed E-state index contributed by atoms with van der Waals surface area (Å²) in [7, 11) is 0. The summed E-state index contributed by atoms with van der Waals surface area (Å²) in [6.45, 7) is 4.14. The summed E-state index contributed by atoms with van der Waals surface area (Å²) in [6, 6.07) is 3.53. The lowest BCUT2D eigenvalue weighted by atomic mass is 10.0. The van der Waals surface area contributed by atoms with Crippen molar-refractivity contribution in [2.24, 2.45) is 5.92 Å². The second-order valence-corrected chi connectivity index (χ2v) is 5.41. The summed E-state index contributed by atoms with van der Waals surface area (Å²) in [5.74, 6) is 0.0283. The van der Waals surface area contributed by atoms with Gasteiger partial charge in [-0.2, -0.15) is 0 Å². The van der Waals surface area contributed by atoms with Gasteiger partial charge in [-0.15, -0.1) is 11.6 Å². The van der Waals surface area contributed by atoms with Crippen LogP contribution in [0.1, 0.15) is 32.3 Å². The predicted molar refractivity (Wildman–Crippen MR) is 70.5 cm³/mol. The van der Waals surface area contributed by atoms with E-state index in [0.717, 1.165) is 12.5 Å². The van der Waals surface area contributed by atoms with Crippen LogP contribution in [0.5, 0.6) is 0 Å². The van der Waals surface area contributed by atoms with Gasteiger partial charge in [0.2, 0.25) is 0 Å². The highest BCUT2D eigenvalue weighted by Crippen LogP contribution is 2.23. The molecule has 0 heterocycles. The van der Waals surface area contributed by atoms with E-state index < -0.39 is 10.7 Å². The second-order valence-electron chi connectivity index (χ2n) is 4.80. The fourth-order valence-electron chi connectivity index (χ4n) is 1.87. The molecule has 0 saturated heterocycles. The zero-order valence-electron chi connectivity index (χ0n) is 10.5. The van der Waals surface area contributed by atoms with Crippen LogP contribution in [0.15, 0.2) is 18.2 Å². The van der Waals surface area contributed by atoms with Crippen LogP contribution in [-0.4, -0.2) is 10.3 Å². The quantitative estimate of drug-likeness (QED) is 0.440. The van der Waals surface area contributed by atoms with Crippen LogP contribution in [0.2, 0.25) is 0 Å². The first-order chi connectivity index (χ1) is 8.40. The molecule has 0 spiro atoms. The average molecular weight is 274 g/mol. The molecule has 100 valence electrons. The minimum Gasteiger partial charge on any atom is -0.258 e. The lowest BCUT2D eigenvalue weighted by Crippen LogP contribution is -2.06. The summed E-state index contributed by atoms with van der Waals surface area (Å²) in [5.41, 5.74) is 0.374. The van der Waals surface area contributed by atoms with Gasteiger partial charge in [-0.1, -0.05) is 13.8 Å². The molecule has 0 aliphatic carbocycles. The lowest BCUT2D eigenvalue weighted by Gasteiger charge is -2.11. The number of nitro benzene ring substituents is 1. The molecule has 1 atom stereocenters. The number of halogens is 2. The van der Waals surface area contributed by atoms with Crippen molar-refractivity contribution in [2.45, 2.75) is 38.5 Å². The number of hydrogen-bond acceptors (Lipinski definition) is 2. The fourth-order valence-corrected chi connectivity index (χ4v) is 2.34. The molecule has 1 rings (SSSR count). The molecular weight excluding hydrogens is 257 g/mol. The van der Waals surface area contributed by atoms with Crippen LogP contribution in [0.25, 0.3) is 0 Å². The van der Waals surface area contributed by atoms with E-state index in [4.69, 9.17) is 11.6 Å². The summed E-state index contributed by atoms with van der Waals surface area (Å²) < 4.78 is 13.1. The number of nitro groups is 1. The molecule has 0 saturated carbocycles. The number of hydrogen-bond donors (Lipinski definition) is 0. The van der Waals surface area contributed by atoms with Crippen LogP contribution < -0.4 is 0 Å². The van der Waals surface area contributed by atoms with Gasteiger partial charge in [-0.25, -0.2) is 4.39 Å². The molecule has 1 aromatic rings. The van der Waals surface area contributed by atoms with Crippen molar-refractivity contribution in [1.82, 2.24) is 0 Å². The minimum atomic E-state index is -0.486. The van der Waals surface area contributed by atoms with Crippen LogP contribution in [-0.2, 0) is 6.42 Å². The van der Waals surface area contributed by atoms with Gasteiger partial charge in [0.15, 0.2) is 0 Å². The van der Waals surface area contributed by atoms with E-state index in [-0.39, 0.29) is 11.1 Å². The Morgan fingerprint density at radius 1 is 1.44 bits per heavy atom. The van der Waals surface area contributed by atoms with E-state index in [1.807, 2.05) is 0 Å². The number of rotatable bonds is 6. The minimum absolute atomic E-state index is 0.0344. The summed E-state index contributed by atoms with van der Waals surface area (Å²) in [4.78, 5) is 10.3. The first-order valence-electron chi connectivity index (χ1n) is 5.97. The fraction of sp³-hybridized carbons (Fsp3) is 0.538. The molecule has 0 aromatic heterocycles. The molecule has 0 fully saturated rings. The molecule has 0 aliphatic heterocycles. The molecule has 5 heteroatoms. The van der Waals surface area contributed by atoms with Gasteiger partial charge in [-0.3, -0.25) is 10.1 Å². The molecular formula is C13H17ClFNO2. The Morgan fingerprint density at radius 3 is 2.67 bits per heavy atom. The van der Waals surface area contributed by atoms with Gasteiger partial charge < -0.3 is 0 Å². The molecule has 0 amide bonds. The summed E-state index contributed by atoms with van der Waals surface area (Å²) in [6.07, 6.45) is 1.89. The molecule has 3 nitrogen and oxygen atoms in total. The largest absolute Gasteiger partial charge is 0.272 e. The third kappa shape index (κ3) is 4.61. The van der Waals surface area contributed by atoms with Crippen molar-refractivity contribution >= 4 is 17.3 Å².